The van der Waals surface area contributed by atoms with Crippen molar-refractivity contribution in [2.24, 2.45) is 22.9 Å². The number of amides is 1. The minimum atomic E-state index is -1.45. The van der Waals surface area contributed by atoms with Gasteiger partial charge in [0.2, 0.25) is 5.79 Å². The molecule has 412 valence electrons. The summed E-state index contributed by atoms with van der Waals surface area (Å²) in [4.78, 5) is 24.9. The van der Waals surface area contributed by atoms with E-state index >= 15 is 4.79 Å². The molecule has 0 spiro atoms. The van der Waals surface area contributed by atoms with Crippen LogP contribution in [0.4, 0.5) is 4.79 Å². The lowest BCUT2D eigenvalue weighted by Gasteiger charge is -2.60. The summed E-state index contributed by atoms with van der Waals surface area (Å²) < 4.78 is 28.0. The Morgan fingerprint density at radius 3 is 2.25 bits per heavy atom. The highest BCUT2D eigenvalue weighted by Crippen LogP contribution is 2.62. The van der Waals surface area contributed by atoms with E-state index < -0.39 is 23.8 Å². The van der Waals surface area contributed by atoms with Crippen molar-refractivity contribution in [1.29, 1.82) is 0 Å². The number of benzene rings is 5. The van der Waals surface area contributed by atoms with E-state index in [1.807, 2.05) is 65.6 Å². The van der Waals surface area contributed by atoms with Crippen LogP contribution in [0.5, 0.6) is 11.5 Å². The Morgan fingerprint density at radius 1 is 0.792 bits per heavy atom. The summed E-state index contributed by atoms with van der Waals surface area (Å²) in [6, 6.07) is 40.4. The molecule has 5 aromatic rings. The van der Waals surface area contributed by atoms with Crippen LogP contribution in [-0.4, -0.2) is 77.5 Å². The van der Waals surface area contributed by atoms with E-state index in [2.05, 4.69) is 80.2 Å². The molecule has 0 bridgehead atoms. The summed E-state index contributed by atoms with van der Waals surface area (Å²) in [6.07, 6.45) is 20.4. The smallest absolute Gasteiger partial charge is 0.410 e. The summed E-state index contributed by atoms with van der Waals surface area (Å²) in [5, 5.41) is 27.5. The molecule has 77 heavy (non-hydrogen) atoms. The van der Waals surface area contributed by atoms with Gasteiger partial charge in [0.1, 0.15) is 24.1 Å². The Balaban J connectivity index is 1.22. The van der Waals surface area contributed by atoms with Crippen LogP contribution in [0, 0.1) is 17.8 Å². The molecular weight excluding hydrogens is 981 g/mol. The molecule has 1 aliphatic heterocycles. The topological polar surface area (TPSA) is 119 Å². The van der Waals surface area contributed by atoms with Crippen molar-refractivity contribution < 1.29 is 38.8 Å². The Hall–Kier alpha value is -5.59. The minimum Gasteiger partial charge on any atom is -0.493 e. The van der Waals surface area contributed by atoms with Crippen LogP contribution in [-0.2, 0) is 27.5 Å². The molecule has 2 aliphatic carbocycles. The van der Waals surface area contributed by atoms with Gasteiger partial charge in [0, 0.05) is 41.8 Å². The number of carbonyl (C=O) groups is 1. The highest BCUT2D eigenvalue weighted by atomic mass is 32.2. The molecule has 1 amide bonds. The average Bonchev–Trinajstić information content (AvgIpc) is 3.62. The number of aliphatic hydroxyl groups is 2. The van der Waals surface area contributed by atoms with E-state index in [0.717, 1.165) is 95.2 Å². The average molecular weight is 1070 g/mol. The second kappa shape index (κ2) is 30.5. The highest BCUT2D eigenvalue weighted by molar-refractivity contribution is 7.99. The lowest BCUT2D eigenvalue weighted by atomic mass is 9.55. The van der Waals surface area contributed by atoms with E-state index in [-0.39, 0.29) is 57.1 Å². The van der Waals surface area contributed by atoms with Crippen molar-refractivity contribution in [2.75, 3.05) is 38.8 Å². The first-order chi connectivity index (χ1) is 38.0. The van der Waals surface area contributed by atoms with Crippen LogP contribution < -0.4 is 9.47 Å². The van der Waals surface area contributed by atoms with Gasteiger partial charge in [-0.3, -0.25) is 4.90 Å². The van der Waals surface area contributed by atoms with Crippen LogP contribution in [0.15, 0.2) is 156 Å². The van der Waals surface area contributed by atoms with Crippen molar-refractivity contribution >= 4 is 34.3 Å². The number of ether oxygens (including phenoxy) is 4. The van der Waals surface area contributed by atoms with Gasteiger partial charge in [-0.1, -0.05) is 186 Å². The van der Waals surface area contributed by atoms with Crippen molar-refractivity contribution in [3.63, 3.8) is 0 Å². The summed E-state index contributed by atoms with van der Waals surface area (Å²) in [5.41, 5.74) is 4.71. The molecule has 0 saturated heterocycles. The van der Waals surface area contributed by atoms with E-state index in [9.17, 15) is 10.2 Å². The third kappa shape index (κ3) is 15.4. The first-order valence-electron chi connectivity index (χ1n) is 28.9. The zero-order valence-corrected chi connectivity index (χ0v) is 46.4. The molecule has 5 aromatic carbocycles. The SMILES string of the molecule is C=CCOC12Oc3ccc(OCCSc4ccccc4)cc3C3C(CCCCO)C(CCCCO)C=C(C(=NOCc4ccccc4)CC1N(Cc1cccc4ccccc14)C(=O)OCCCCCCCCCCCC)C32. The molecule has 0 radical (unpaired) electrons. The van der Waals surface area contributed by atoms with Crippen molar-refractivity contribution in [2.45, 2.75) is 152 Å². The van der Waals surface area contributed by atoms with Gasteiger partial charge in [-0.05, 0) is 102 Å². The Bertz CT molecular complexity index is 2640. The number of hydrogen-bond acceptors (Lipinski definition) is 10. The molecule has 6 atom stereocenters. The Kier molecular flexibility index (Phi) is 22.8. The highest BCUT2D eigenvalue weighted by Gasteiger charge is 2.66. The van der Waals surface area contributed by atoms with Gasteiger partial charge < -0.3 is 34.0 Å². The number of rotatable bonds is 33. The van der Waals surface area contributed by atoms with Gasteiger partial charge in [-0.25, -0.2) is 4.79 Å². The molecule has 8 rings (SSSR count). The van der Waals surface area contributed by atoms with E-state index in [1.54, 1.807) is 17.8 Å². The fourth-order valence-corrected chi connectivity index (χ4v) is 12.8. The van der Waals surface area contributed by atoms with Gasteiger partial charge in [-0.2, -0.15) is 0 Å². The largest absolute Gasteiger partial charge is 0.493 e. The maximum Gasteiger partial charge on any atom is 0.410 e. The van der Waals surface area contributed by atoms with Crippen molar-refractivity contribution in [3.05, 3.63) is 162 Å². The third-order valence-electron chi connectivity index (χ3n) is 15.8. The summed E-state index contributed by atoms with van der Waals surface area (Å²) in [6.45, 7) is 8.09. The molecule has 11 heteroatoms. The monoisotopic (exact) mass is 1060 g/mol. The molecule has 1 heterocycles. The molecule has 10 nitrogen and oxygen atoms in total. The van der Waals surface area contributed by atoms with Crippen LogP contribution in [0.2, 0.25) is 0 Å². The maximum atomic E-state index is 15.5. The Labute approximate surface area is 463 Å². The normalized spacial score (nSPS) is 20.9. The standard InChI is InChI=1S/C66H84N2O8S/c1-3-5-6-7-8-9-10-11-12-25-42-73-65(71)68(48-53-32-26-31-51-29-19-20-35-56(51)53)62-47-60(67-75-49-50-27-15-13-16-28-50)58-45-52(30-21-23-39-69)57(36-22-24-40-70)63-59-46-54(72-43-44-77-55-33-17-14-18-34-55)37-38-61(59)76-66(62,64(58)63)74-41-4-2/h4,13-20,26-29,31-35,37-38,45-46,52,57,62-64,69-70H,2-3,5-12,21-25,30,36,39-44,47-49H2,1H3. The number of nitrogens with zero attached hydrogens (tertiary/aromatic N) is 2. The zero-order chi connectivity index (χ0) is 53.5. The molecule has 6 unspecified atom stereocenters. The first kappa shape index (κ1) is 57.6. The summed E-state index contributed by atoms with van der Waals surface area (Å²) >= 11 is 1.76. The second-order valence-corrected chi connectivity index (χ2v) is 22.3. The lowest BCUT2D eigenvalue weighted by Crippen LogP contribution is -2.70. The number of oxime groups is 1. The van der Waals surface area contributed by atoms with Gasteiger partial charge in [0.15, 0.2) is 0 Å². The minimum absolute atomic E-state index is 0.0623. The molecular formula is C66H84N2O8S. The second-order valence-electron chi connectivity index (χ2n) is 21.1. The quantitative estimate of drug-likeness (QED) is 0.0183. The molecule has 2 N–H and O–H groups in total. The molecule has 1 fully saturated rings. The predicted octanol–water partition coefficient (Wildman–Crippen LogP) is 15.4. The van der Waals surface area contributed by atoms with E-state index in [0.29, 0.717) is 31.8 Å². The fourth-order valence-electron chi connectivity index (χ4n) is 12.1. The van der Waals surface area contributed by atoms with Crippen LogP contribution in [0.1, 0.15) is 139 Å². The number of allylic oxidation sites excluding steroid dienone is 1. The number of unbranched alkanes of at least 4 members (excludes halogenated alkanes) is 11. The predicted molar refractivity (Wildman–Crippen MR) is 312 cm³/mol. The number of carbonyl (C=O) groups excluding carboxylic acids is 1. The van der Waals surface area contributed by atoms with Gasteiger partial charge in [-0.15, -0.1) is 18.3 Å². The van der Waals surface area contributed by atoms with Gasteiger partial charge in [0.05, 0.1) is 38.0 Å². The third-order valence-corrected chi connectivity index (χ3v) is 16.8. The number of thioether (sulfide) groups is 1. The lowest BCUT2D eigenvalue weighted by molar-refractivity contribution is -0.256. The van der Waals surface area contributed by atoms with Crippen LogP contribution in [0.3, 0.4) is 0 Å². The first-order valence-corrected chi connectivity index (χ1v) is 29.9. The molecule has 1 saturated carbocycles. The summed E-state index contributed by atoms with van der Waals surface area (Å²) in [5.74, 6) is 0.228. The van der Waals surface area contributed by atoms with Crippen molar-refractivity contribution in [3.8, 4) is 11.5 Å². The van der Waals surface area contributed by atoms with Crippen LogP contribution in [0.25, 0.3) is 10.8 Å². The van der Waals surface area contributed by atoms with Gasteiger partial charge in [0.25, 0.3) is 0 Å². The van der Waals surface area contributed by atoms with E-state index in [4.69, 9.17) is 28.9 Å². The number of aliphatic hydroxyl groups excluding tert-OH is 2. The number of hydrogen-bond donors (Lipinski definition) is 2. The fraction of sp³-hybridized carbons (Fsp3) is 0.485. The maximum absolute atomic E-state index is 15.5. The van der Waals surface area contributed by atoms with Crippen molar-refractivity contribution in [1.82, 2.24) is 4.90 Å². The van der Waals surface area contributed by atoms with Gasteiger partial charge >= 0.3 is 6.09 Å². The van der Waals surface area contributed by atoms with E-state index in [1.165, 1.54) is 49.8 Å². The number of fused-ring (bicyclic) bond motifs is 3. The zero-order valence-electron chi connectivity index (χ0n) is 45.6. The Morgan fingerprint density at radius 2 is 1.49 bits per heavy atom. The molecule has 0 aromatic heterocycles. The van der Waals surface area contributed by atoms with Crippen LogP contribution >= 0.6 is 11.8 Å². The summed E-state index contributed by atoms with van der Waals surface area (Å²) in [7, 11) is 0. The molecule has 3 aliphatic rings.